The fourth-order valence-corrected chi connectivity index (χ4v) is 2.20. The van der Waals surface area contributed by atoms with Crippen LogP contribution in [-0.4, -0.2) is 41.3 Å². The van der Waals surface area contributed by atoms with Crippen LogP contribution in [-0.2, 0) is 0 Å². The molecule has 1 aromatic rings. The molecule has 1 aromatic heterocycles. The average Bonchev–Trinajstić information content (AvgIpc) is 2.41. The number of anilines is 1. The number of hydrogen-bond acceptors (Lipinski definition) is 5. The fraction of sp³-hybridized carbons (Fsp3) is 0.571. The van der Waals surface area contributed by atoms with Gasteiger partial charge in [0, 0.05) is 25.9 Å². The topological polar surface area (TPSA) is 95.0 Å². The highest BCUT2D eigenvalue weighted by Crippen LogP contribution is 2.22. The molecule has 6 heteroatoms. The number of hydrogen-bond donors (Lipinski definition) is 3. The van der Waals surface area contributed by atoms with E-state index in [1.807, 2.05) is 31.9 Å². The second-order valence-corrected chi connectivity index (χ2v) is 4.97. The van der Waals surface area contributed by atoms with Crippen LogP contribution in [0.25, 0.3) is 0 Å². The van der Waals surface area contributed by atoms with Crippen molar-refractivity contribution in [2.24, 2.45) is 10.9 Å². The summed E-state index contributed by atoms with van der Waals surface area (Å²) < 4.78 is 0. The molecule has 0 atom stereocenters. The Morgan fingerprint density at radius 3 is 2.65 bits per heavy atom. The second kappa shape index (κ2) is 7.69. The molecule has 0 saturated heterocycles. The summed E-state index contributed by atoms with van der Waals surface area (Å²) in [5, 5.41) is 20.8. The number of pyridine rings is 1. The third kappa shape index (κ3) is 4.09. The van der Waals surface area contributed by atoms with Crippen molar-refractivity contribution in [2.45, 2.75) is 33.1 Å². The maximum absolute atomic E-state index is 8.92. The van der Waals surface area contributed by atoms with Gasteiger partial charge in [0.05, 0.1) is 5.56 Å². The van der Waals surface area contributed by atoms with Gasteiger partial charge in [0.25, 0.3) is 0 Å². The molecule has 0 radical (unpaired) electrons. The monoisotopic (exact) mass is 280 g/mol. The Bertz CT molecular complexity index is 474. The van der Waals surface area contributed by atoms with Gasteiger partial charge in [0.2, 0.25) is 0 Å². The molecule has 0 amide bonds. The minimum atomic E-state index is 0.0761. The van der Waals surface area contributed by atoms with Crippen molar-refractivity contribution in [2.75, 3.05) is 25.1 Å². The van der Waals surface area contributed by atoms with Crippen molar-refractivity contribution in [1.29, 1.82) is 0 Å². The van der Waals surface area contributed by atoms with E-state index in [0.717, 1.165) is 42.9 Å². The summed E-state index contributed by atoms with van der Waals surface area (Å²) in [6, 6.07) is 1.91. The predicted octanol–water partition coefficient (Wildman–Crippen LogP) is 1.39. The van der Waals surface area contributed by atoms with Crippen molar-refractivity contribution in [3.63, 3.8) is 0 Å². The number of unbranched alkanes of at least 4 members (excludes halogenated alkanes) is 2. The van der Waals surface area contributed by atoms with Gasteiger partial charge < -0.3 is 20.9 Å². The Hall–Kier alpha value is -1.82. The van der Waals surface area contributed by atoms with Crippen LogP contribution >= 0.6 is 0 Å². The van der Waals surface area contributed by atoms with Crippen molar-refractivity contribution < 1.29 is 10.3 Å². The molecule has 0 fully saturated rings. The lowest BCUT2D eigenvalue weighted by atomic mass is 10.1. The summed E-state index contributed by atoms with van der Waals surface area (Å²) in [6.07, 6.45) is 2.73. The first-order valence-corrected chi connectivity index (χ1v) is 6.79. The molecule has 0 unspecified atom stereocenters. The summed E-state index contributed by atoms with van der Waals surface area (Å²) in [5.41, 5.74) is 8.26. The van der Waals surface area contributed by atoms with Crippen molar-refractivity contribution >= 4 is 11.7 Å². The van der Waals surface area contributed by atoms with Crippen molar-refractivity contribution in [3.8, 4) is 0 Å². The first-order chi connectivity index (χ1) is 9.51. The second-order valence-electron chi connectivity index (χ2n) is 4.97. The zero-order valence-corrected chi connectivity index (χ0v) is 12.4. The molecule has 0 bridgehead atoms. The average molecular weight is 280 g/mol. The van der Waals surface area contributed by atoms with E-state index in [1.165, 1.54) is 0 Å². The normalized spacial score (nSPS) is 11.7. The number of amidine groups is 1. The van der Waals surface area contributed by atoms with E-state index in [4.69, 9.17) is 16.0 Å². The minimum absolute atomic E-state index is 0.0761. The van der Waals surface area contributed by atoms with E-state index >= 15 is 0 Å². The highest BCUT2D eigenvalue weighted by atomic mass is 16.4. The van der Waals surface area contributed by atoms with E-state index in [1.54, 1.807) is 0 Å². The van der Waals surface area contributed by atoms with Gasteiger partial charge in [0.1, 0.15) is 5.82 Å². The molecule has 112 valence electrons. The van der Waals surface area contributed by atoms with Gasteiger partial charge in [0.15, 0.2) is 5.84 Å². The largest absolute Gasteiger partial charge is 0.409 e. The first-order valence-electron chi connectivity index (χ1n) is 6.79. The molecule has 1 heterocycles. The van der Waals surface area contributed by atoms with Crippen LogP contribution < -0.4 is 10.6 Å². The van der Waals surface area contributed by atoms with Crippen LogP contribution in [0, 0.1) is 13.8 Å². The van der Waals surface area contributed by atoms with E-state index < -0.39 is 0 Å². The van der Waals surface area contributed by atoms with E-state index in [9.17, 15) is 0 Å². The Morgan fingerprint density at radius 1 is 1.35 bits per heavy atom. The zero-order valence-electron chi connectivity index (χ0n) is 12.4. The molecule has 0 saturated carbocycles. The van der Waals surface area contributed by atoms with Gasteiger partial charge in [-0.1, -0.05) is 5.16 Å². The third-order valence-corrected chi connectivity index (χ3v) is 3.20. The highest BCUT2D eigenvalue weighted by molar-refractivity contribution is 6.02. The molecular formula is C14H24N4O2. The van der Waals surface area contributed by atoms with Gasteiger partial charge in [-0.3, -0.25) is 0 Å². The molecule has 0 aliphatic heterocycles. The number of aromatic nitrogens is 1. The van der Waals surface area contributed by atoms with Crippen LogP contribution in [0.2, 0.25) is 0 Å². The summed E-state index contributed by atoms with van der Waals surface area (Å²) in [7, 11) is 1.94. The van der Waals surface area contributed by atoms with E-state index in [2.05, 4.69) is 10.1 Å². The lowest BCUT2D eigenvalue weighted by Gasteiger charge is -2.22. The number of oxime groups is 1. The molecule has 6 nitrogen and oxygen atoms in total. The minimum Gasteiger partial charge on any atom is -0.409 e. The van der Waals surface area contributed by atoms with Crippen LogP contribution in [0.3, 0.4) is 0 Å². The summed E-state index contributed by atoms with van der Waals surface area (Å²) >= 11 is 0. The summed E-state index contributed by atoms with van der Waals surface area (Å²) in [6.45, 7) is 4.87. The molecule has 0 aromatic carbocycles. The number of aliphatic hydroxyl groups excluding tert-OH is 1. The van der Waals surface area contributed by atoms with Crippen molar-refractivity contribution in [3.05, 3.63) is 22.9 Å². The molecule has 0 spiro atoms. The molecule has 0 aliphatic rings. The first kappa shape index (κ1) is 16.2. The number of aliphatic hydroxyl groups is 1. The Labute approximate surface area is 119 Å². The lowest BCUT2D eigenvalue weighted by molar-refractivity contribution is 0.283. The van der Waals surface area contributed by atoms with Crippen LogP contribution in [0.1, 0.15) is 36.1 Å². The number of nitrogens with zero attached hydrogens (tertiary/aromatic N) is 3. The van der Waals surface area contributed by atoms with Gasteiger partial charge in [-0.25, -0.2) is 4.98 Å². The SMILES string of the molecule is Cc1cc(C)c(/C(N)=N/O)c(N(C)CCCCCO)n1. The van der Waals surface area contributed by atoms with Crippen LogP contribution in [0.5, 0.6) is 0 Å². The fourth-order valence-electron chi connectivity index (χ4n) is 2.20. The third-order valence-electron chi connectivity index (χ3n) is 3.20. The molecular weight excluding hydrogens is 256 g/mol. The number of aryl methyl sites for hydroxylation is 2. The zero-order chi connectivity index (χ0) is 15.1. The van der Waals surface area contributed by atoms with Gasteiger partial charge >= 0.3 is 0 Å². The van der Waals surface area contributed by atoms with E-state index in [0.29, 0.717) is 5.56 Å². The quantitative estimate of drug-likeness (QED) is 0.231. The maximum Gasteiger partial charge on any atom is 0.174 e. The van der Waals surface area contributed by atoms with Gasteiger partial charge in [-0.05, 0) is 44.7 Å². The molecule has 1 rings (SSSR count). The number of rotatable bonds is 7. The van der Waals surface area contributed by atoms with E-state index in [-0.39, 0.29) is 12.4 Å². The molecule has 0 aliphatic carbocycles. The Balaban J connectivity index is 2.97. The standard InChI is InChI=1S/C14H24N4O2/c1-10-9-11(2)16-14(12(10)13(15)17-20)18(3)7-5-4-6-8-19/h9,19-20H,4-8H2,1-3H3,(H2,15,17). The summed E-state index contributed by atoms with van der Waals surface area (Å²) in [4.78, 5) is 6.51. The lowest BCUT2D eigenvalue weighted by Crippen LogP contribution is -2.26. The van der Waals surface area contributed by atoms with Gasteiger partial charge in [-0.15, -0.1) is 0 Å². The smallest absolute Gasteiger partial charge is 0.174 e. The molecule has 20 heavy (non-hydrogen) atoms. The van der Waals surface area contributed by atoms with Crippen LogP contribution in [0.4, 0.5) is 5.82 Å². The summed E-state index contributed by atoms with van der Waals surface area (Å²) in [5.74, 6) is 0.800. The Kier molecular flexibility index (Phi) is 6.24. The van der Waals surface area contributed by atoms with Crippen LogP contribution in [0.15, 0.2) is 11.2 Å². The number of nitrogens with two attached hydrogens (primary N) is 1. The predicted molar refractivity (Wildman–Crippen MR) is 80.4 cm³/mol. The molecule has 4 N–H and O–H groups in total. The van der Waals surface area contributed by atoms with Crippen molar-refractivity contribution in [1.82, 2.24) is 4.98 Å². The maximum atomic E-state index is 8.92. The Morgan fingerprint density at radius 2 is 2.05 bits per heavy atom. The van der Waals surface area contributed by atoms with Gasteiger partial charge in [-0.2, -0.15) is 0 Å². The highest BCUT2D eigenvalue weighted by Gasteiger charge is 2.16.